The Morgan fingerprint density at radius 3 is 2.63 bits per heavy atom. The molecule has 0 radical (unpaired) electrons. The highest BCUT2D eigenvalue weighted by Crippen LogP contribution is 2.33. The summed E-state index contributed by atoms with van der Waals surface area (Å²) in [4.78, 5) is 12.4. The molecule has 1 N–H and O–H groups in total. The number of methoxy groups -OCH3 is 2. The topological polar surface area (TPSA) is 78.3 Å². The first-order valence-electron chi connectivity index (χ1n) is 9.32. The van der Waals surface area contributed by atoms with Gasteiger partial charge in [-0.15, -0.1) is 16.8 Å². The smallest absolute Gasteiger partial charge is 0.234 e. The molecule has 7 nitrogen and oxygen atoms in total. The van der Waals surface area contributed by atoms with Gasteiger partial charge in [-0.05, 0) is 36.8 Å². The van der Waals surface area contributed by atoms with E-state index in [1.807, 2.05) is 54.0 Å². The van der Waals surface area contributed by atoms with Crippen LogP contribution in [0.25, 0.3) is 11.4 Å². The van der Waals surface area contributed by atoms with Gasteiger partial charge in [0.1, 0.15) is 0 Å². The SMILES string of the molecule is C=CCn1c(SCC(=O)Nc2ccccc2C)nnc1-c1ccc(OC)c(OC)c1. The number of hydrogen-bond donors (Lipinski definition) is 1. The number of ether oxygens (including phenoxy) is 2. The summed E-state index contributed by atoms with van der Waals surface area (Å²) in [5.74, 6) is 2.02. The van der Waals surface area contributed by atoms with Gasteiger partial charge in [-0.1, -0.05) is 36.0 Å². The molecule has 3 aromatic rings. The van der Waals surface area contributed by atoms with E-state index in [0.29, 0.717) is 29.0 Å². The van der Waals surface area contributed by atoms with Crippen molar-refractivity contribution in [3.8, 4) is 22.9 Å². The van der Waals surface area contributed by atoms with Crippen LogP contribution in [0.1, 0.15) is 5.56 Å². The van der Waals surface area contributed by atoms with Crippen LogP contribution in [0.15, 0.2) is 60.3 Å². The lowest BCUT2D eigenvalue weighted by Crippen LogP contribution is -2.15. The fraction of sp³-hybridized carbons (Fsp3) is 0.227. The van der Waals surface area contributed by atoms with E-state index >= 15 is 0 Å². The third-order valence-electron chi connectivity index (χ3n) is 4.42. The number of carbonyl (C=O) groups excluding carboxylic acids is 1. The first-order chi connectivity index (χ1) is 14.6. The predicted octanol–water partition coefficient (Wildman–Crippen LogP) is 4.19. The van der Waals surface area contributed by atoms with E-state index in [4.69, 9.17) is 9.47 Å². The number of carbonyl (C=O) groups is 1. The molecule has 0 aliphatic rings. The number of nitrogens with zero attached hydrogens (tertiary/aromatic N) is 3. The lowest BCUT2D eigenvalue weighted by molar-refractivity contribution is -0.113. The molecule has 0 unspecified atom stereocenters. The number of para-hydroxylation sites is 1. The van der Waals surface area contributed by atoms with E-state index < -0.39 is 0 Å². The molecule has 0 aliphatic heterocycles. The van der Waals surface area contributed by atoms with E-state index in [2.05, 4.69) is 22.1 Å². The molecular formula is C22H24N4O3S. The molecule has 0 atom stereocenters. The Bertz CT molecular complexity index is 1050. The van der Waals surface area contributed by atoms with Gasteiger partial charge in [-0.2, -0.15) is 0 Å². The quantitative estimate of drug-likeness (QED) is 0.410. The fourth-order valence-corrected chi connectivity index (χ4v) is 3.66. The predicted molar refractivity (Wildman–Crippen MR) is 119 cm³/mol. The van der Waals surface area contributed by atoms with Crippen LogP contribution in [-0.2, 0) is 11.3 Å². The molecule has 1 amide bonds. The Morgan fingerprint density at radius 1 is 1.17 bits per heavy atom. The summed E-state index contributed by atoms with van der Waals surface area (Å²) < 4.78 is 12.6. The van der Waals surface area contributed by atoms with Crippen molar-refractivity contribution >= 4 is 23.4 Å². The van der Waals surface area contributed by atoms with Crippen LogP contribution in [0.5, 0.6) is 11.5 Å². The number of amides is 1. The van der Waals surface area contributed by atoms with Crippen molar-refractivity contribution in [1.29, 1.82) is 0 Å². The Labute approximate surface area is 180 Å². The number of benzene rings is 2. The van der Waals surface area contributed by atoms with Crippen LogP contribution in [-0.4, -0.2) is 40.6 Å². The van der Waals surface area contributed by atoms with E-state index in [0.717, 1.165) is 16.8 Å². The molecule has 0 bridgehead atoms. The Kier molecular flexibility index (Phi) is 7.13. The molecule has 0 fully saturated rings. The van der Waals surface area contributed by atoms with E-state index in [1.165, 1.54) is 11.8 Å². The molecule has 0 saturated heterocycles. The largest absolute Gasteiger partial charge is 0.493 e. The highest BCUT2D eigenvalue weighted by Gasteiger charge is 2.17. The number of aryl methyl sites for hydroxylation is 1. The molecule has 156 valence electrons. The normalized spacial score (nSPS) is 10.5. The van der Waals surface area contributed by atoms with Crippen molar-refractivity contribution in [3.05, 3.63) is 60.7 Å². The van der Waals surface area contributed by atoms with Gasteiger partial charge in [0.05, 0.1) is 20.0 Å². The highest BCUT2D eigenvalue weighted by atomic mass is 32.2. The van der Waals surface area contributed by atoms with Crippen LogP contribution in [0.3, 0.4) is 0 Å². The van der Waals surface area contributed by atoms with Gasteiger partial charge < -0.3 is 14.8 Å². The van der Waals surface area contributed by atoms with Crippen molar-refractivity contribution in [3.63, 3.8) is 0 Å². The molecule has 30 heavy (non-hydrogen) atoms. The monoisotopic (exact) mass is 424 g/mol. The molecule has 2 aromatic carbocycles. The molecule has 0 saturated carbocycles. The van der Waals surface area contributed by atoms with Crippen LogP contribution in [0, 0.1) is 6.92 Å². The maximum atomic E-state index is 12.4. The first-order valence-corrected chi connectivity index (χ1v) is 10.3. The van der Waals surface area contributed by atoms with Gasteiger partial charge in [0, 0.05) is 17.8 Å². The van der Waals surface area contributed by atoms with Gasteiger partial charge in [-0.3, -0.25) is 9.36 Å². The minimum Gasteiger partial charge on any atom is -0.493 e. The van der Waals surface area contributed by atoms with E-state index in [9.17, 15) is 4.79 Å². The summed E-state index contributed by atoms with van der Waals surface area (Å²) >= 11 is 1.33. The van der Waals surface area contributed by atoms with E-state index in [1.54, 1.807) is 20.3 Å². The molecule has 0 aliphatic carbocycles. The number of hydrogen-bond acceptors (Lipinski definition) is 6. The van der Waals surface area contributed by atoms with Gasteiger partial charge in [0.25, 0.3) is 0 Å². The Balaban J connectivity index is 1.78. The van der Waals surface area contributed by atoms with Gasteiger partial charge in [-0.25, -0.2) is 0 Å². The Morgan fingerprint density at radius 2 is 1.93 bits per heavy atom. The minimum absolute atomic E-state index is 0.102. The maximum Gasteiger partial charge on any atom is 0.234 e. The second-order valence-electron chi connectivity index (χ2n) is 6.43. The number of rotatable bonds is 9. The van der Waals surface area contributed by atoms with Crippen LogP contribution >= 0.6 is 11.8 Å². The first kappa shape index (κ1) is 21.4. The van der Waals surface area contributed by atoms with Crippen molar-refractivity contribution in [2.45, 2.75) is 18.6 Å². The molecular weight excluding hydrogens is 400 g/mol. The third kappa shape index (κ3) is 4.83. The van der Waals surface area contributed by atoms with E-state index in [-0.39, 0.29) is 11.7 Å². The number of allylic oxidation sites excluding steroid dienone is 1. The summed E-state index contributed by atoms with van der Waals surface area (Å²) in [5, 5.41) is 12.2. The summed E-state index contributed by atoms with van der Waals surface area (Å²) in [6, 6.07) is 13.2. The minimum atomic E-state index is -0.102. The average molecular weight is 425 g/mol. The number of aromatic nitrogens is 3. The molecule has 1 heterocycles. The zero-order valence-corrected chi connectivity index (χ0v) is 18.0. The zero-order valence-electron chi connectivity index (χ0n) is 17.2. The summed E-state index contributed by atoms with van der Waals surface area (Å²) in [6.07, 6.45) is 1.77. The number of anilines is 1. The second kappa shape index (κ2) is 9.98. The second-order valence-corrected chi connectivity index (χ2v) is 7.37. The van der Waals surface area contributed by atoms with Crippen molar-refractivity contribution in [2.75, 3.05) is 25.3 Å². The standard InChI is InChI=1S/C22H24N4O3S/c1-5-12-26-21(16-10-11-18(28-3)19(13-16)29-4)24-25-22(26)30-14-20(27)23-17-9-7-6-8-15(17)2/h5-11,13H,1,12,14H2,2-4H3,(H,23,27). The van der Waals surface area contributed by atoms with Gasteiger partial charge in [0.2, 0.25) is 5.91 Å². The molecule has 1 aromatic heterocycles. The lowest BCUT2D eigenvalue weighted by atomic mass is 10.2. The van der Waals surface area contributed by atoms with Gasteiger partial charge >= 0.3 is 0 Å². The molecule has 8 heteroatoms. The van der Waals surface area contributed by atoms with Crippen LogP contribution < -0.4 is 14.8 Å². The van der Waals surface area contributed by atoms with Crippen LogP contribution in [0.4, 0.5) is 5.69 Å². The van der Waals surface area contributed by atoms with Gasteiger partial charge in [0.15, 0.2) is 22.5 Å². The van der Waals surface area contributed by atoms with Crippen molar-refractivity contribution in [2.24, 2.45) is 0 Å². The van der Waals surface area contributed by atoms with Crippen LogP contribution in [0.2, 0.25) is 0 Å². The fourth-order valence-electron chi connectivity index (χ4n) is 2.91. The number of thioether (sulfide) groups is 1. The summed E-state index contributed by atoms with van der Waals surface area (Å²) in [7, 11) is 3.18. The summed E-state index contributed by atoms with van der Waals surface area (Å²) in [5.41, 5.74) is 2.65. The molecule has 3 rings (SSSR count). The zero-order chi connectivity index (χ0) is 21.5. The highest BCUT2D eigenvalue weighted by molar-refractivity contribution is 7.99. The third-order valence-corrected chi connectivity index (χ3v) is 5.39. The van der Waals surface area contributed by atoms with Crippen molar-refractivity contribution < 1.29 is 14.3 Å². The number of nitrogens with one attached hydrogen (secondary N) is 1. The Hall–Kier alpha value is -3.26. The summed E-state index contributed by atoms with van der Waals surface area (Å²) in [6.45, 7) is 6.29. The van der Waals surface area contributed by atoms with Crippen molar-refractivity contribution in [1.82, 2.24) is 14.8 Å². The molecule has 0 spiro atoms. The lowest BCUT2D eigenvalue weighted by Gasteiger charge is -2.11. The maximum absolute atomic E-state index is 12.4. The average Bonchev–Trinajstić information content (AvgIpc) is 3.16.